The van der Waals surface area contributed by atoms with Crippen molar-refractivity contribution < 1.29 is 13.9 Å². The highest BCUT2D eigenvalue weighted by atomic mass is 32.1. The van der Waals surface area contributed by atoms with Gasteiger partial charge in [0.25, 0.3) is 0 Å². The summed E-state index contributed by atoms with van der Waals surface area (Å²) in [5.41, 5.74) is 0.817. The van der Waals surface area contributed by atoms with E-state index in [-0.39, 0.29) is 12.0 Å². The Morgan fingerprint density at radius 2 is 1.94 bits per heavy atom. The second-order valence-corrected chi connectivity index (χ2v) is 5.09. The minimum absolute atomic E-state index is 0.0445. The van der Waals surface area contributed by atoms with Crippen molar-refractivity contribution in [2.24, 2.45) is 0 Å². The van der Waals surface area contributed by atoms with E-state index in [0.29, 0.717) is 6.42 Å². The molecule has 1 heterocycles. The van der Waals surface area contributed by atoms with E-state index in [4.69, 9.17) is 0 Å². The van der Waals surface area contributed by atoms with E-state index < -0.39 is 17.7 Å². The summed E-state index contributed by atoms with van der Waals surface area (Å²) in [6, 6.07) is 3.70. The maximum Gasteiger partial charge on any atom is 0.129 e. The number of hydrogen-bond acceptors (Lipinski definition) is 3. The van der Waals surface area contributed by atoms with Gasteiger partial charge in [0.1, 0.15) is 11.6 Å². The van der Waals surface area contributed by atoms with Crippen LogP contribution in [0, 0.1) is 18.6 Å². The standard InChI is InChI=1S/C13H13F2NOS/c1-8-7-18-13(16-8)6-9(17)5-10-11(14)3-2-4-12(10)15/h2-4,7,9,17H,5-6H2,1H3. The second-order valence-electron chi connectivity index (χ2n) is 4.14. The second kappa shape index (κ2) is 5.54. The predicted molar refractivity (Wildman–Crippen MR) is 66.6 cm³/mol. The van der Waals surface area contributed by atoms with Crippen molar-refractivity contribution >= 4 is 11.3 Å². The molecule has 1 N–H and O–H groups in total. The molecule has 0 fully saturated rings. The summed E-state index contributed by atoms with van der Waals surface area (Å²) in [6.07, 6.45) is -0.564. The van der Waals surface area contributed by atoms with E-state index in [0.717, 1.165) is 10.7 Å². The first-order valence-corrected chi connectivity index (χ1v) is 6.46. The zero-order valence-corrected chi connectivity index (χ0v) is 10.7. The molecule has 1 atom stereocenters. The fourth-order valence-corrected chi connectivity index (χ4v) is 2.58. The Balaban J connectivity index is 2.05. The molecule has 0 aliphatic rings. The van der Waals surface area contributed by atoms with Crippen LogP contribution in [-0.2, 0) is 12.8 Å². The number of thiazole rings is 1. The number of hydrogen-bond donors (Lipinski definition) is 1. The Bertz CT molecular complexity index is 521. The number of aliphatic hydroxyl groups is 1. The molecule has 0 saturated heterocycles. The summed E-state index contributed by atoms with van der Waals surface area (Å²) in [5, 5.41) is 12.5. The Labute approximate surface area is 108 Å². The minimum Gasteiger partial charge on any atom is -0.392 e. The number of rotatable bonds is 4. The van der Waals surface area contributed by atoms with Crippen LogP contribution in [0.5, 0.6) is 0 Å². The van der Waals surface area contributed by atoms with Crippen LogP contribution in [0.1, 0.15) is 16.3 Å². The number of aromatic nitrogens is 1. The lowest BCUT2D eigenvalue weighted by atomic mass is 10.0. The van der Waals surface area contributed by atoms with Crippen molar-refractivity contribution in [3.63, 3.8) is 0 Å². The maximum absolute atomic E-state index is 13.4. The van der Waals surface area contributed by atoms with E-state index >= 15 is 0 Å². The highest BCUT2D eigenvalue weighted by Gasteiger charge is 2.15. The van der Waals surface area contributed by atoms with Crippen molar-refractivity contribution in [1.29, 1.82) is 0 Å². The van der Waals surface area contributed by atoms with Crippen LogP contribution >= 0.6 is 11.3 Å². The Hall–Kier alpha value is -1.33. The number of benzene rings is 1. The molecule has 2 aromatic rings. The van der Waals surface area contributed by atoms with Crippen LogP contribution in [-0.4, -0.2) is 16.2 Å². The summed E-state index contributed by atoms with van der Waals surface area (Å²) in [4.78, 5) is 4.21. The van der Waals surface area contributed by atoms with Gasteiger partial charge >= 0.3 is 0 Å². The molecule has 2 rings (SSSR count). The van der Waals surface area contributed by atoms with Gasteiger partial charge in [0.05, 0.1) is 11.1 Å². The van der Waals surface area contributed by atoms with E-state index in [1.165, 1.54) is 29.5 Å². The highest BCUT2D eigenvalue weighted by Crippen LogP contribution is 2.17. The van der Waals surface area contributed by atoms with Crippen LogP contribution in [0.15, 0.2) is 23.6 Å². The lowest BCUT2D eigenvalue weighted by molar-refractivity contribution is 0.172. The summed E-state index contributed by atoms with van der Waals surface area (Å²) in [6.45, 7) is 1.86. The Kier molecular flexibility index (Phi) is 4.04. The van der Waals surface area contributed by atoms with Crippen LogP contribution in [0.2, 0.25) is 0 Å². The van der Waals surface area contributed by atoms with Gasteiger partial charge in [0.2, 0.25) is 0 Å². The van der Waals surface area contributed by atoms with Crippen molar-refractivity contribution in [1.82, 2.24) is 4.98 Å². The SMILES string of the molecule is Cc1csc(CC(O)Cc2c(F)cccc2F)n1. The quantitative estimate of drug-likeness (QED) is 0.925. The molecular formula is C13H13F2NOS. The van der Waals surface area contributed by atoms with E-state index in [1.807, 2.05) is 12.3 Å². The fraction of sp³-hybridized carbons (Fsp3) is 0.308. The van der Waals surface area contributed by atoms with Gasteiger partial charge in [-0.05, 0) is 19.1 Å². The molecule has 0 aliphatic heterocycles. The van der Waals surface area contributed by atoms with Crippen molar-refractivity contribution in [2.45, 2.75) is 25.9 Å². The number of aliphatic hydroxyl groups excluding tert-OH is 1. The predicted octanol–water partition coefficient (Wildman–Crippen LogP) is 2.88. The van der Waals surface area contributed by atoms with E-state index in [9.17, 15) is 13.9 Å². The smallest absolute Gasteiger partial charge is 0.129 e. The van der Waals surface area contributed by atoms with Gasteiger partial charge < -0.3 is 5.11 Å². The van der Waals surface area contributed by atoms with Crippen LogP contribution in [0.25, 0.3) is 0 Å². The van der Waals surface area contributed by atoms with Gasteiger partial charge in [-0.25, -0.2) is 13.8 Å². The molecule has 96 valence electrons. The minimum atomic E-state index is -0.832. The molecule has 2 nitrogen and oxygen atoms in total. The van der Waals surface area contributed by atoms with Crippen molar-refractivity contribution in [3.05, 3.63) is 51.5 Å². The van der Waals surface area contributed by atoms with Crippen molar-refractivity contribution in [2.75, 3.05) is 0 Å². The molecular weight excluding hydrogens is 256 g/mol. The summed E-state index contributed by atoms with van der Waals surface area (Å²) < 4.78 is 26.8. The number of aryl methyl sites for hydroxylation is 1. The molecule has 18 heavy (non-hydrogen) atoms. The third-order valence-corrected chi connectivity index (χ3v) is 3.57. The van der Waals surface area contributed by atoms with E-state index in [1.54, 1.807) is 0 Å². The lowest BCUT2D eigenvalue weighted by Crippen LogP contribution is -2.16. The molecule has 0 spiro atoms. The topological polar surface area (TPSA) is 33.1 Å². The normalized spacial score (nSPS) is 12.7. The Morgan fingerprint density at radius 3 is 2.50 bits per heavy atom. The van der Waals surface area contributed by atoms with Crippen LogP contribution < -0.4 is 0 Å². The summed E-state index contributed by atoms with van der Waals surface area (Å²) in [5.74, 6) is -1.24. The van der Waals surface area contributed by atoms with Gasteiger partial charge in [0, 0.05) is 29.5 Å². The van der Waals surface area contributed by atoms with E-state index in [2.05, 4.69) is 4.98 Å². The molecule has 0 amide bonds. The Morgan fingerprint density at radius 1 is 1.28 bits per heavy atom. The first-order valence-electron chi connectivity index (χ1n) is 5.58. The fourth-order valence-electron chi connectivity index (χ4n) is 1.73. The average molecular weight is 269 g/mol. The molecule has 1 unspecified atom stereocenters. The van der Waals surface area contributed by atoms with Crippen LogP contribution in [0.4, 0.5) is 8.78 Å². The highest BCUT2D eigenvalue weighted by molar-refractivity contribution is 7.09. The third-order valence-electron chi connectivity index (χ3n) is 2.58. The number of halogens is 2. The molecule has 5 heteroatoms. The van der Waals surface area contributed by atoms with Gasteiger partial charge in [-0.1, -0.05) is 6.07 Å². The van der Waals surface area contributed by atoms with Gasteiger partial charge in [-0.3, -0.25) is 0 Å². The molecule has 0 radical (unpaired) electrons. The summed E-state index contributed by atoms with van der Waals surface area (Å²) >= 11 is 1.44. The molecule has 0 aliphatic carbocycles. The monoisotopic (exact) mass is 269 g/mol. The first-order chi connectivity index (χ1) is 8.56. The molecule has 0 saturated carbocycles. The van der Waals surface area contributed by atoms with Crippen LogP contribution in [0.3, 0.4) is 0 Å². The first kappa shape index (κ1) is 13.1. The average Bonchev–Trinajstić information content (AvgIpc) is 2.69. The van der Waals surface area contributed by atoms with Gasteiger partial charge in [-0.15, -0.1) is 11.3 Å². The third kappa shape index (κ3) is 3.11. The zero-order valence-electron chi connectivity index (χ0n) is 9.86. The van der Waals surface area contributed by atoms with Crippen molar-refractivity contribution in [3.8, 4) is 0 Å². The lowest BCUT2D eigenvalue weighted by Gasteiger charge is -2.10. The largest absolute Gasteiger partial charge is 0.392 e. The van der Waals surface area contributed by atoms with Gasteiger partial charge in [0.15, 0.2) is 0 Å². The molecule has 1 aromatic carbocycles. The zero-order chi connectivity index (χ0) is 13.1. The summed E-state index contributed by atoms with van der Waals surface area (Å²) in [7, 11) is 0. The maximum atomic E-state index is 13.4. The van der Waals surface area contributed by atoms with Gasteiger partial charge in [-0.2, -0.15) is 0 Å². The molecule has 0 bridgehead atoms. The molecule has 1 aromatic heterocycles. The number of nitrogens with zero attached hydrogens (tertiary/aromatic N) is 1.